The van der Waals surface area contributed by atoms with Gasteiger partial charge in [-0.3, -0.25) is 19.2 Å². The van der Waals surface area contributed by atoms with Crippen molar-refractivity contribution < 1.29 is 9.59 Å². The van der Waals surface area contributed by atoms with Crippen LogP contribution in [-0.4, -0.2) is 39.3 Å². The topological polar surface area (TPSA) is 55.2 Å². The molecule has 2 atom stereocenters. The van der Waals surface area contributed by atoms with Gasteiger partial charge in [0.05, 0.1) is 11.4 Å². The molecular formula is C29H41N3O2. The Bertz CT molecular complexity index is 1060. The number of aryl methyl sites for hydroxylation is 4. The molecule has 2 aromatic rings. The van der Waals surface area contributed by atoms with Gasteiger partial charge in [0, 0.05) is 31.3 Å². The summed E-state index contributed by atoms with van der Waals surface area (Å²) in [6.45, 7) is 15.7. The van der Waals surface area contributed by atoms with E-state index in [1.165, 1.54) is 11.3 Å². The van der Waals surface area contributed by atoms with E-state index in [-0.39, 0.29) is 22.9 Å². The Hall–Kier alpha value is -2.27. The number of benzene rings is 1. The van der Waals surface area contributed by atoms with Gasteiger partial charge in [-0.15, -0.1) is 0 Å². The fraction of sp³-hybridized carbons (Fsp3) is 0.621. The van der Waals surface area contributed by atoms with E-state index in [0.29, 0.717) is 12.3 Å². The third kappa shape index (κ3) is 5.05. The van der Waals surface area contributed by atoms with Crippen LogP contribution in [0.5, 0.6) is 0 Å². The first-order valence-corrected chi connectivity index (χ1v) is 12.8. The fourth-order valence-corrected chi connectivity index (χ4v) is 6.04. The van der Waals surface area contributed by atoms with Crippen LogP contribution in [-0.2, 0) is 28.6 Å². The zero-order valence-corrected chi connectivity index (χ0v) is 22.1. The Morgan fingerprint density at radius 2 is 1.62 bits per heavy atom. The van der Waals surface area contributed by atoms with E-state index in [1.807, 2.05) is 25.6 Å². The number of hydrogen-bond acceptors (Lipinski definition) is 4. The van der Waals surface area contributed by atoms with Crippen LogP contribution in [0.25, 0.3) is 0 Å². The van der Waals surface area contributed by atoms with Crippen LogP contribution in [0.4, 0.5) is 0 Å². The molecule has 0 amide bonds. The second-order valence-electron chi connectivity index (χ2n) is 11.9. The average Bonchev–Trinajstić information content (AvgIpc) is 3.23. The minimum atomic E-state index is -0.549. The van der Waals surface area contributed by atoms with Gasteiger partial charge in [-0.2, -0.15) is 5.10 Å². The van der Waals surface area contributed by atoms with Crippen LogP contribution < -0.4 is 0 Å². The lowest BCUT2D eigenvalue weighted by molar-refractivity contribution is -0.125. The molecule has 0 N–H and O–H groups in total. The number of nitrogens with zero attached hydrogens (tertiary/aromatic N) is 3. The number of Topliss-reactive ketones (excluding diaryl/α,β-unsaturated/α-hetero) is 2. The number of carbonyl (C=O) groups excluding carboxylic acids is 2. The first-order chi connectivity index (χ1) is 15.9. The highest BCUT2D eigenvalue weighted by molar-refractivity contribution is 6.15. The third-order valence-corrected chi connectivity index (χ3v) is 7.94. The van der Waals surface area contributed by atoms with Gasteiger partial charge in [0.15, 0.2) is 5.78 Å². The lowest BCUT2D eigenvalue weighted by Gasteiger charge is -2.32. The lowest BCUT2D eigenvalue weighted by atomic mass is 9.83. The highest BCUT2D eigenvalue weighted by Crippen LogP contribution is 2.40. The van der Waals surface area contributed by atoms with Gasteiger partial charge in [-0.25, -0.2) is 0 Å². The van der Waals surface area contributed by atoms with E-state index in [1.54, 1.807) is 0 Å². The molecule has 1 aromatic heterocycles. The maximum atomic E-state index is 13.4. The Labute approximate surface area is 204 Å². The van der Waals surface area contributed by atoms with Crippen LogP contribution in [0.2, 0.25) is 0 Å². The Morgan fingerprint density at radius 1 is 1.00 bits per heavy atom. The van der Waals surface area contributed by atoms with Crippen molar-refractivity contribution in [2.24, 2.45) is 18.9 Å². The zero-order valence-electron chi connectivity index (χ0n) is 22.1. The number of ketones is 2. The van der Waals surface area contributed by atoms with E-state index >= 15 is 0 Å². The molecule has 4 rings (SSSR count). The predicted octanol–water partition coefficient (Wildman–Crippen LogP) is 5.19. The van der Waals surface area contributed by atoms with E-state index in [4.69, 9.17) is 5.10 Å². The summed E-state index contributed by atoms with van der Waals surface area (Å²) in [4.78, 5) is 28.8. The van der Waals surface area contributed by atoms with E-state index < -0.39 is 5.92 Å². The molecule has 2 heterocycles. The van der Waals surface area contributed by atoms with Crippen LogP contribution in [0, 0.1) is 32.6 Å². The molecule has 0 bridgehead atoms. The average molecular weight is 464 g/mol. The Morgan fingerprint density at radius 3 is 2.18 bits per heavy atom. The first-order valence-electron chi connectivity index (χ1n) is 12.8. The molecule has 5 nitrogen and oxygen atoms in total. The normalized spacial score (nSPS) is 22.7. The molecule has 1 saturated carbocycles. The predicted molar refractivity (Wildman–Crippen MR) is 136 cm³/mol. The van der Waals surface area contributed by atoms with Gasteiger partial charge >= 0.3 is 0 Å². The quantitative estimate of drug-likeness (QED) is 0.573. The summed E-state index contributed by atoms with van der Waals surface area (Å²) in [5.74, 6) is 0.141. The number of carbonyl (C=O) groups is 2. The molecule has 0 spiro atoms. The van der Waals surface area contributed by atoms with E-state index in [9.17, 15) is 9.59 Å². The molecule has 1 aliphatic carbocycles. The van der Waals surface area contributed by atoms with Crippen molar-refractivity contribution in [3.05, 3.63) is 51.8 Å². The van der Waals surface area contributed by atoms with Crippen molar-refractivity contribution in [3.63, 3.8) is 0 Å². The second kappa shape index (κ2) is 9.41. The van der Waals surface area contributed by atoms with Gasteiger partial charge in [-0.1, -0.05) is 38.5 Å². The number of piperidine rings is 1. The molecule has 2 fully saturated rings. The van der Waals surface area contributed by atoms with Gasteiger partial charge in [0.2, 0.25) is 0 Å². The van der Waals surface area contributed by atoms with Crippen molar-refractivity contribution in [1.82, 2.24) is 14.7 Å². The van der Waals surface area contributed by atoms with Crippen molar-refractivity contribution in [2.45, 2.75) is 85.1 Å². The Kier molecular flexibility index (Phi) is 6.87. The van der Waals surface area contributed by atoms with Gasteiger partial charge < -0.3 is 0 Å². The molecule has 1 aromatic carbocycles. The molecule has 184 valence electrons. The molecule has 1 saturated heterocycles. The molecule has 5 heteroatoms. The van der Waals surface area contributed by atoms with Crippen LogP contribution in [0.15, 0.2) is 18.2 Å². The largest absolute Gasteiger partial charge is 0.298 e. The summed E-state index contributed by atoms with van der Waals surface area (Å²) in [6, 6.07) is 6.43. The number of hydrogen-bond donors (Lipinski definition) is 0. The monoisotopic (exact) mass is 463 g/mol. The first kappa shape index (κ1) is 24.8. The summed E-state index contributed by atoms with van der Waals surface area (Å²) in [5, 5.41) is 4.72. The summed E-state index contributed by atoms with van der Waals surface area (Å²) in [5.41, 5.74) is 6.74. The summed E-state index contributed by atoms with van der Waals surface area (Å²) in [7, 11) is 2.04. The van der Waals surface area contributed by atoms with Crippen molar-refractivity contribution in [1.29, 1.82) is 0 Å². The molecule has 34 heavy (non-hydrogen) atoms. The van der Waals surface area contributed by atoms with Crippen molar-refractivity contribution in [2.75, 3.05) is 13.1 Å². The van der Waals surface area contributed by atoms with Gasteiger partial charge in [0.25, 0.3) is 0 Å². The maximum absolute atomic E-state index is 13.4. The highest BCUT2D eigenvalue weighted by atomic mass is 16.2. The molecular weight excluding hydrogens is 422 g/mol. The van der Waals surface area contributed by atoms with Gasteiger partial charge in [0.1, 0.15) is 11.7 Å². The van der Waals surface area contributed by atoms with E-state index in [2.05, 4.69) is 50.8 Å². The Balaban J connectivity index is 1.35. The minimum absolute atomic E-state index is 0.0573. The second-order valence-corrected chi connectivity index (χ2v) is 11.9. The van der Waals surface area contributed by atoms with E-state index in [0.717, 1.165) is 61.3 Å². The van der Waals surface area contributed by atoms with Crippen LogP contribution in [0.3, 0.4) is 0 Å². The number of aromatic nitrogens is 2. The van der Waals surface area contributed by atoms with Crippen molar-refractivity contribution >= 4 is 11.6 Å². The summed E-state index contributed by atoms with van der Waals surface area (Å²) < 4.78 is 2.02. The SMILES string of the molecule is Cc1cc(C)c(C2C(=O)CC(CC3CCN(Cc4cc(C(C)(C)C)nn4C)CC3)C2=O)c(C)c1. The molecule has 2 aliphatic rings. The molecule has 2 unspecified atom stereocenters. The zero-order chi connectivity index (χ0) is 24.8. The minimum Gasteiger partial charge on any atom is -0.298 e. The highest BCUT2D eigenvalue weighted by Gasteiger charge is 2.44. The van der Waals surface area contributed by atoms with Crippen LogP contribution >= 0.6 is 0 Å². The summed E-state index contributed by atoms with van der Waals surface area (Å²) in [6.07, 6.45) is 3.46. The summed E-state index contributed by atoms with van der Waals surface area (Å²) >= 11 is 0. The standard InChI is InChI=1S/C29H41N3O2/c1-18-12-19(2)26(20(3)13-18)27-24(33)15-22(28(27)34)14-21-8-10-32(11-9-21)17-23-16-25(29(4,5)6)30-31(23)7/h12-13,16,21-22,27H,8-11,14-15,17H2,1-7H3. The molecule has 0 radical (unpaired) electrons. The fourth-order valence-electron chi connectivity index (χ4n) is 6.04. The number of likely N-dealkylation sites (tertiary alicyclic amines) is 1. The van der Waals surface area contributed by atoms with Crippen LogP contribution in [0.1, 0.15) is 86.0 Å². The molecule has 1 aliphatic heterocycles. The smallest absolute Gasteiger partial charge is 0.151 e. The lowest BCUT2D eigenvalue weighted by Crippen LogP contribution is -2.34. The van der Waals surface area contributed by atoms with Gasteiger partial charge in [-0.05, 0) is 81.8 Å². The van der Waals surface area contributed by atoms with Crippen molar-refractivity contribution in [3.8, 4) is 0 Å². The number of rotatable bonds is 5. The maximum Gasteiger partial charge on any atom is 0.151 e. The third-order valence-electron chi connectivity index (χ3n) is 7.94.